The van der Waals surface area contributed by atoms with Gasteiger partial charge in [-0.1, -0.05) is 30.3 Å². The average molecular weight is 380 g/mol. The second-order valence-corrected chi connectivity index (χ2v) is 8.01. The minimum atomic E-state index is -0.255. The number of aryl methyl sites for hydroxylation is 1. The van der Waals surface area contributed by atoms with Gasteiger partial charge in [0.25, 0.3) is 5.91 Å². The highest BCUT2D eigenvalue weighted by atomic mass is 32.1. The number of carbonyl (C=O) groups excluding carboxylic acids is 1. The van der Waals surface area contributed by atoms with Gasteiger partial charge in [-0.2, -0.15) is 0 Å². The van der Waals surface area contributed by atoms with Crippen LogP contribution in [0.4, 0.5) is 10.1 Å². The monoisotopic (exact) mass is 380 g/mol. The standard InChI is InChI=1S/C22H21FN2OS/c1-15-13-20(27-21(15)16-7-9-18(23)10-8-16)22(26)25-12-11-24(2)14-17-5-3-4-6-19(17)25/h3-10,13H,11-12,14H2,1-2H3. The molecule has 0 spiro atoms. The molecule has 3 aromatic rings. The second kappa shape index (κ2) is 7.25. The minimum Gasteiger partial charge on any atom is -0.306 e. The summed E-state index contributed by atoms with van der Waals surface area (Å²) in [5.74, 6) is -0.228. The first kappa shape index (κ1) is 17.9. The quantitative estimate of drug-likeness (QED) is 0.628. The van der Waals surface area contributed by atoms with E-state index >= 15 is 0 Å². The van der Waals surface area contributed by atoms with E-state index in [2.05, 4.69) is 18.0 Å². The first-order valence-corrected chi connectivity index (χ1v) is 9.79. The molecule has 0 fully saturated rings. The van der Waals surface area contributed by atoms with Crippen LogP contribution in [0.3, 0.4) is 0 Å². The van der Waals surface area contributed by atoms with Crippen LogP contribution in [0, 0.1) is 12.7 Å². The highest BCUT2D eigenvalue weighted by Gasteiger charge is 2.25. The lowest BCUT2D eigenvalue weighted by Gasteiger charge is -2.22. The summed E-state index contributed by atoms with van der Waals surface area (Å²) >= 11 is 1.48. The Bertz CT molecular complexity index is 980. The number of hydrogen-bond acceptors (Lipinski definition) is 3. The molecule has 3 nitrogen and oxygen atoms in total. The zero-order valence-corrected chi connectivity index (χ0v) is 16.2. The van der Waals surface area contributed by atoms with Crippen molar-refractivity contribution in [3.8, 4) is 10.4 Å². The zero-order valence-electron chi connectivity index (χ0n) is 15.4. The molecule has 0 saturated heterocycles. The van der Waals surface area contributed by atoms with E-state index in [-0.39, 0.29) is 11.7 Å². The zero-order chi connectivity index (χ0) is 19.0. The summed E-state index contributed by atoms with van der Waals surface area (Å²) in [6, 6.07) is 16.5. The van der Waals surface area contributed by atoms with Crippen LogP contribution in [0.5, 0.6) is 0 Å². The van der Waals surface area contributed by atoms with Gasteiger partial charge < -0.3 is 9.80 Å². The fourth-order valence-electron chi connectivity index (χ4n) is 3.49. The molecule has 2 heterocycles. The summed E-state index contributed by atoms with van der Waals surface area (Å²) in [4.78, 5) is 19.2. The van der Waals surface area contributed by atoms with Crippen LogP contribution in [0.15, 0.2) is 54.6 Å². The van der Waals surface area contributed by atoms with Crippen molar-refractivity contribution in [2.45, 2.75) is 13.5 Å². The van der Waals surface area contributed by atoms with Crippen molar-refractivity contribution in [1.29, 1.82) is 0 Å². The maximum atomic E-state index is 13.3. The van der Waals surface area contributed by atoms with E-state index in [0.29, 0.717) is 11.4 Å². The lowest BCUT2D eigenvalue weighted by molar-refractivity contribution is 0.0989. The van der Waals surface area contributed by atoms with Crippen molar-refractivity contribution in [1.82, 2.24) is 4.90 Å². The summed E-state index contributed by atoms with van der Waals surface area (Å²) in [5.41, 5.74) is 4.13. The van der Waals surface area contributed by atoms with Crippen molar-refractivity contribution in [2.75, 3.05) is 25.0 Å². The number of para-hydroxylation sites is 1. The summed E-state index contributed by atoms with van der Waals surface area (Å²) < 4.78 is 13.2. The molecule has 0 bridgehead atoms. The van der Waals surface area contributed by atoms with Crippen LogP contribution in [-0.4, -0.2) is 30.9 Å². The molecular formula is C22H21FN2OS. The van der Waals surface area contributed by atoms with E-state index < -0.39 is 0 Å². The van der Waals surface area contributed by atoms with E-state index in [0.717, 1.165) is 40.3 Å². The first-order valence-electron chi connectivity index (χ1n) is 8.97. The van der Waals surface area contributed by atoms with Gasteiger partial charge in [-0.15, -0.1) is 11.3 Å². The van der Waals surface area contributed by atoms with Gasteiger partial charge in [-0.05, 0) is 54.9 Å². The number of carbonyl (C=O) groups is 1. The number of anilines is 1. The van der Waals surface area contributed by atoms with Crippen molar-refractivity contribution >= 4 is 22.9 Å². The summed E-state index contributed by atoms with van der Waals surface area (Å²) in [5, 5.41) is 0. The molecule has 1 amide bonds. The molecule has 1 aliphatic heterocycles. The highest BCUT2D eigenvalue weighted by molar-refractivity contribution is 7.17. The Labute approximate surface area is 162 Å². The van der Waals surface area contributed by atoms with Gasteiger partial charge in [0, 0.05) is 30.2 Å². The molecule has 4 rings (SSSR count). The molecule has 1 aliphatic rings. The lowest BCUT2D eigenvalue weighted by Crippen LogP contribution is -2.34. The van der Waals surface area contributed by atoms with Crippen LogP contribution in [0.25, 0.3) is 10.4 Å². The SMILES string of the molecule is Cc1cc(C(=O)N2CCN(C)Cc3ccccc32)sc1-c1ccc(F)cc1. The third-order valence-electron chi connectivity index (χ3n) is 4.91. The molecule has 0 saturated carbocycles. The number of fused-ring (bicyclic) bond motifs is 1. The normalized spacial score (nSPS) is 14.7. The van der Waals surface area contributed by atoms with Gasteiger partial charge >= 0.3 is 0 Å². The molecule has 0 radical (unpaired) electrons. The maximum Gasteiger partial charge on any atom is 0.268 e. The molecular weight excluding hydrogens is 359 g/mol. The van der Waals surface area contributed by atoms with Crippen molar-refractivity contribution in [2.24, 2.45) is 0 Å². The molecule has 27 heavy (non-hydrogen) atoms. The van der Waals surface area contributed by atoms with Gasteiger partial charge in [0.1, 0.15) is 5.82 Å². The number of likely N-dealkylation sites (N-methyl/N-ethyl adjacent to an activating group) is 1. The number of thiophene rings is 1. The number of nitrogens with zero attached hydrogens (tertiary/aromatic N) is 2. The fourth-order valence-corrected chi connectivity index (χ4v) is 4.62. The van der Waals surface area contributed by atoms with Crippen molar-refractivity contribution in [3.63, 3.8) is 0 Å². The average Bonchev–Trinajstić information content (AvgIpc) is 2.96. The van der Waals surface area contributed by atoms with E-state index in [1.807, 2.05) is 36.1 Å². The Hall–Kier alpha value is -2.50. The number of hydrogen-bond donors (Lipinski definition) is 0. The second-order valence-electron chi connectivity index (χ2n) is 6.95. The third-order valence-corrected chi connectivity index (χ3v) is 6.18. The number of amides is 1. The number of benzene rings is 2. The molecule has 0 N–H and O–H groups in total. The molecule has 1 aromatic heterocycles. The van der Waals surface area contributed by atoms with Gasteiger partial charge in [-0.3, -0.25) is 4.79 Å². The van der Waals surface area contributed by atoms with E-state index in [1.54, 1.807) is 12.1 Å². The minimum absolute atomic E-state index is 0.0270. The Morgan fingerprint density at radius 2 is 1.81 bits per heavy atom. The van der Waals surface area contributed by atoms with E-state index in [9.17, 15) is 9.18 Å². The number of halogens is 1. The Kier molecular flexibility index (Phi) is 4.81. The molecule has 2 aromatic carbocycles. The smallest absolute Gasteiger partial charge is 0.268 e. The fraction of sp³-hybridized carbons (Fsp3) is 0.227. The summed E-state index contributed by atoms with van der Waals surface area (Å²) in [7, 11) is 2.08. The first-order chi connectivity index (χ1) is 13.0. The van der Waals surface area contributed by atoms with Crippen LogP contribution in [-0.2, 0) is 6.54 Å². The van der Waals surface area contributed by atoms with Gasteiger partial charge in [-0.25, -0.2) is 4.39 Å². The van der Waals surface area contributed by atoms with Gasteiger partial charge in [0.15, 0.2) is 0 Å². The summed E-state index contributed by atoms with van der Waals surface area (Å²) in [6.07, 6.45) is 0. The predicted octanol–water partition coefficient (Wildman–Crippen LogP) is 4.95. The molecule has 0 unspecified atom stereocenters. The van der Waals surface area contributed by atoms with Crippen molar-refractivity contribution < 1.29 is 9.18 Å². The van der Waals surface area contributed by atoms with Gasteiger partial charge in [0.2, 0.25) is 0 Å². The Morgan fingerprint density at radius 3 is 2.59 bits per heavy atom. The number of rotatable bonds is 2. The largest absolute Gasteiger partial charge is 0.306 e. The molecule has 0 aliphatic carbocycles. The summed E-state index contributed by atoms with van der Waals surface area (Å²) in [6.45, 7) is 4.32. The van der Waals surface area contributed by atoms with E-state index in [4.69, 9.17) is 0 Å². The van der Waals surface area contributed by atoms with E-state index in [1.165, 1.54) is 23.5 Å². The molecule has 5 heteroatoms. The topological polar surface area (TPSA) is 23.6 Å². The maximum absolute atomic E-state index is 13.3. The molecule has 138 valence electrons. The lowest BCUT2D eigenvalue weighted by atomic mass is 10.1. The Balaban J connectivity index is 1.69. The van der Waals surface area contributed by atoms with Crippen LogP contribution >= 0.6 is 11.3 Å². The molecule has 0 atom stereocenters. The highest BCUT2D eigenvalue weighted by Crippen LogP contribution is 2.34. The van der Waals surface area contributed by atoms with Crippen LogP contribution < -0.4 is 4.90 Å². The van der Waals surface area contributed by atoms with Crippen LogP contribution in [0.2, 0.25) is 0 Å². The van der Waals surface area contributed by atoms with Crippen LogP contribution in [0.1, 0.15) is 20.8 Å². The van der Waals surface area contributed by atoms with Gasteiger partial charge in [0.05, 0.1) is 4.88 Å². The van der Waals surface area contributed by atoms with Crippen molar-refractivity contribution in [3.05, 3.63) is 76.4 Å². The Morgan fingerprint density at radius 1 is 1.07 bits per heavy atom. The predicted molar refractivity (Wildman–Crippen MR) is 109 cm³/mol. The third kappa shape index (κ3) is 3.53.